The fourth-order valence-corrected chi connectivity index (χ4v) is 3.81. The van der Waals surface area contributed by atoms with E-state index in [4.69, 9.17) is 11.2 Å². The summed E-state index contributed by atoms with van der Waals surface area (Å²) in [5.41, 5.74) is 1.06. The van der Waals surface area contributed by atoms with Gasteiger partial charge in [-0.15, -0.1) is 17.8 Å². The number of rotatable bonds is 5. The van der Waals surface area contributed by atoms with Crippen molar-refractivity contribution in [3.63, 3.8) is 0 Å². The second-order valence-electron chi connectivity index (χ2n) is 5.69. The zero-order chi connectivity index (χ0) is 18.8. The van der Waals surface area contributed by atoms with Crippen LogP contribution in [0.3, 0.4) is 0 Å². The molecule has 0 atom stereocenters. The van der Waals surface area contributed by atoms with Crippen LogP contribution in [0, 0.1) is 19.3 Å². The number of fused-ring (bicyclic) bond motifs is 1. The number of aromatic nitrogens is 2. The number of carboxylic acids is 1. The number of aromatic carboxylic acids is 1. The Hall–Kier alpha value is -3.11. The monoisotopic (exact) mass is 368 g/mol. The van der Waals surface area contributed by atoms with Crippen LogP contribution < -0.4 is 10.3 Å². The van der Waals surface area contributed by atoms with Gasteiger partial charge in [-0.3, -0.25) is 9.36 Å². The van der Waals surface area contributed by atoms with Crippen molar-refractivity contribution in [2.45, 2.75) is 19.9 Å². The third-order valence-electron chi connectivity index (χ3n) is 4.09. The number of carboxylic acid groups (broad SMARTS) is 1. The van der Waals surface area contributed by atoms with Crippen molar-refractivity contribution in [2.75, 3.05) is 7.11 Å². The lowest BCUT2D eigenvalue weighted by Gasteiger charge is -2.10. The van der Waals surface area contributed by atoms with E-state index >= 15 is 0 Å². The van der Waals surface area contributed by atoms with Gasteiger partial charge in [0, 0.05) is 6.42 Å². The molecule has 3 rings (SSSR count). The Bertz CT molecular complexity index is 1090. The topological polar surface area (TPSA) is 81.4 Å². The summed E-state index contributed by atoms with van der Waals surface area (Å²) in [5.74, 6) is 2.65. The first kappa shape index (κ1) is 17.7. The second kappa shape index (κ2) is 7.02. The molecule has 0 saturated heterocycles. The van der Waals surface area contributed by atoms with Gasteiger partial charge in [0.25, 0.3) is 5.56 Å². The van der Waals surface area contributed by atoms with Gasteiger partial charge in [0.1, 0.15) is 21.3 Å². The minimum Gasteiger partial charge on any atom is -0.497 e. The highest BCUT2D eigenvalue weighted by Crippen LogP contribution is 2.27. The summed E-state index contributed by atoms with van der Waals surface area (Å²) >= 11 is 1.01. The van der Waals surface area contributed by atoms with E-state index in [0.717, 1.165) is 22.6 Å². The van der Waals surface area contributed by atoms with Crippen molar-refractivity contribution in [1.29, 1.82) is 0 Å². The number of methoxy groups -OCH3 is 1. The molecule has 132 valence electrons. The molecular formula is C19H16N2O4S. The van der Waals surface area contributed by atoms with Gasteiger partial charge in [-0.25, -0.2) is 9.78 Å². The zero-order valence-electron chi connectivity index (χ0n) is 14.3. The van der Waals surface area contributed by atoms with Crippen molar-refractivity contribution in [3.05, 3.63) is 56.4 Å². The first-order chi connectivity index (χ1) is 12.5. The Kier molecular flexibility index (Phi) is 4.78. The van der Waals surface area contributed by atoms with Crippen molar-refractivity contribution in [2.24, 2.45) is 0 Å². The highest BCUT2D eigenvalue weighted by molar-refractivity contribution is 7.20. The highest BCUT2D eigenvalue weighted by atomic mass is 32.1. The molecule has 2 aromatic heterocycles. The summed E-state index contributed by atoms with van der Waals surface area (Å²) in [7, 11) is 1.59. The van der Waals surface area contributed by atoms with Crippen LogP contribution >= 0.6 is 11.3 Å². The molecule has 26 heavy (non-hydrogen) atoms. The van der Waals surface area contributed by atoms with Crippen LogP contribution in [0.4, 0.5) is 0 Å². The SMILES string of the molecule is C#CCn1c(Cc2ccc(OC)cc2)nc2sc(C(=O)O)c(C)c2c1=O. The molecule has 0 aliphatic heterocycles. The molecule has 0 unspecified atom stereocenters. The van der Waals surface area contributed by atoms with Crippen molar-refractivity contribution >= 4 is 27.5 Å². The number of hydrogen-bond donors (Lipinski definition) is 1. The van der Waals surface area contributed by atoms with Crippen LogP contribution in [0.5, 0.6) is 5.75 Å². The van der Waals surface area contributed by atoms with Gasteiger partial charge in [0.15, 0.2) is 0 Å². The molecule has 0 aliphatic rings. The fraction of sp³-hybridized carbons (Fsp3) is 0.211. The highest BCUT2D eigenvalue weighted by Gasteiger charge is 2.21. The molecule has 0 fully saturated rings. The average molecular weight is 368 g/mol. The Morgan fingerprint density at radius 3 is 2.65 bits per heavy atom. The number of nitrogens with zero attached hydrogens (tertiary/aromatic N) is 2. The lowest BCUT2D eigenvalue weighted by Crippen LogP contribution is -2.25. The maximum absolute atomic E-state index is 12.9. The van der Waals surface area contributed by atoms with E-state index in [0.29, 0.717) is 28.0 Å². The van der Waals surface area contributed by atoms with E-state index in [1.54, 1.807) is 14.0 Å². The normalized spacial score (nSPS) is 10.7. The smallest absolute Gasteiger partial charge is 0.346 e. The van der Waals surface area contributed by atoms with E-state index < -0.39 is 5.97 Å². The van der Waals surface area contributed by atoms with Crippen LogP contribution in [-0.2, 0) is 13.0 Å². The van der Waals surface area contributed by atoms with Crippen LogP contribution in [0.2, 0.25) is 0 Å². The van der Waals surface area contributed by atoms with Gasteiger partial charge in [-0.2, -0.15) is 0 Å². The fourth-order valence-electron chi connectivity index (χ4n) is 2.78. The van der Waals surface area contributed by atoms with E-state index in [2.05, 4.69) is 10.9 Å². The number of terminal acetylenes is 1. The van der Waals surface area contributed by atoms with E-state index in [-0.39, 0.29) is 17.0 Å². The van der Waals surface area contributed by atoms with E-state index in [1.165, 1.54) is 4.57 Å². The quantitative estimate of drug-likeness (QED) is 0.700. The molecule has 1 N–H and O–H groups in total. The summed E-state index contributed by atoms with van der Waals surface area (Å²) in [6.07, 6.45) is 5.82. The van der Waals surface area contributed by atoms with Crippen molar-refractivity contribution in [3.8, 4) is 18.1 Å². The standard InChI is InChI=1S/C19H16N2O4S/c1-4-9-21-14(10-12-5-7-13(25-3)8-6-12)20-17-15(18(21)22)11(2)16(26-17)19(23)24/h1,5-8H,9-10H2,2-3H3,(H,23,24). The third-order valence-corrected chi connectivity index (χ3v) is 5.27. The molecule has 0 aliphatic carbocycles. The summed E-state index contributed by atoms with van der Waals surface area (Å²) in [4.78, 5) is 29.4. The van der Waals surface area contributed by atoms with Gasteiger partial charge in [-0.1, -0.05) is 18.1 Å². The van der Waals surface area contributed by atoms with Gasteiger partial charge in [-0.05, 0) is 30.2 Å². The predicted octanol–water partition coefficient (Wildman–Crippen LogP) is 2.70. The minimum absolute atomic E-state index is 0.0744. The van der Waals surface area contributed by atoms with Gasteiger partial charge >= 0.3 is 5.97 Å². The second-order valence-corrected chi connectivity index (χ2v) is 6.69. The summed E-state index contributed by atoms with van der Waals surface area (Å²) in [6, 6.07) is 7.43. The summed E-state index contributed by atoms with van der Waals surface area (Å²) in [6.45, 7) is 1.69. The van der Waals surface area contributed by atoms with Crippen molar-refractivity contribution in [1.82, 2.24) is 9.55 Å². The summed E-state index contributed by atoms with van der Waals surface area (Å²) < 4.78 is 6.57. The number of ether oxygens (including phenoxy) is 1. The number of benzene rings is 1. The predicted molar refractivity (Wildman–Crippen MR) is 100 cm³/mol. The van der Waals surface area contributed by atoms with Crippen molar-refractivity contribution < 1.29 is 14.6 Å². The van der Waals surface area contributed by atoms with Gasteiger partial charge < -0.3 is 9.84 Å². The Balaban J connectivity index is 2.17. The Morgan fingerprint density at radius 2 is 2.08 bits per heavy atom. The first-order valence-electron chi connectivity index (χ1n) is 7.78. The lowest BCUT2D eigenvalue weighted by molar-refractivity contribution is 0.0701. The molecule has 0 amide bonds. The molecule has 7 heteroatoms. The molecule has 0 saturated carbocycles. The Labute approximate surface area is 153 Å². The molecule has 0 radical (unpaired) electrons. The number of hydrogen-bond acceptors (Lipinski definition) is 5. The molecule has 0 spiro atoms. The minimum atomic E-state index is -1.06. The molecule has 0 bridgehead atoms. The number of aryl methyl sites for hydroxylation is 1. The third kappa shape index (κ3) is 3.07. The molecule has 6 nitrogen and oxygen atoms in total. The van der Waals surface area contributed by atoms with Crippen LogP contribution in [-0.4, -0.2) is 27.7 Å². The first-order valence-corrected chi connectivity index (χ1v) is 8.60. The molecule has 3 aromatic rings. The lowest BCUT2D eigenvalue weighted by atomic mass is 10.1. The van der Waals surface area contributed by atoms with Crippen LogP contribution in [0.1, 0.15) is 26.6 Å². The maximum Gasteiger partial charge on any atom is 0.346 e. The Morgan fingerprint density at radius 1 is 1.38 bits per heavy atom. The average Bonchev–Trinajstić information content (AvgIpc) is 2.96. The number of thiophene rings is 1. The van der Waals surface area contributed by atoms with Crippen LogP contribution in [0.25, 0.3) is 10.2 Å². The molecular weight excluding hydrogens is 352 g/mol. The van der Waals surface area contributed by atoms with Gasteiger partial charge in [0.05, 0.1) is 19.0 Å². The molecule has 2 heterocycles. The summed E-state index contributed by atoms with van der Waals surface area (Å²) in [5, 5.41) is 9.63. The number of carbonyl (C=O) groups is 1. The van der Waals surface area contributed by atoms with E-state index in [1.807, 2.05) is 24.3 Å². The van der Waals surface area contributed by atoms with Crippen LogP contribution in [0.15, 0.2) is 29.1 Å². The van der Waals surface area contributed by atoms with E-state index in [9.17, 15) is 14.7 Å². The molecule has 1 aromatic carbocycles. The zero-order valence-corrected chi connectivity index (χ0v) is 15.1. The maximum atomic E-state index is 12.9. The van der Waals surface area contributed by atoms with Gasteiger partial charge in [0.2, 0.25) is 0 Å². The largest absolute Gasteiger partial charge is 0.497 e.